The molecule has 1 heterocycles. The van der Waals surface area contributed by atoms with Crippen LogP contribution in [0, 0.1) is 29.1 Å². The molecule has 3 aromatic rings. The van der Waals surface area contributed by atoms with E-state index >= 15 is 0 Å². The maximum absolute atomic E-state index is 14.6. The summed E-state index contributed by atoms with van der Waals surface area (Å²) in [7, 11) is 11.0. The highest BCUT2D eigenvalue weighted by molar-refractivity contribution is 5.97. The number of hydrogen-bond acceptors (Lipinski definition) is 10. The molecule has 9 atom stereocenters. The summed E-state index contributed by atoms with van der Waals surface area (Å²) in [6, 6.07) is 20.7. The Kier molecular flexibility index (Phi) is 14.1. The Balaban J connectivity index is 1.31. The Morgan fingerprint density at radius 3 is 2.37 bits per heavy atom. The molecule has 326 valence electrons. The summed E-state index contributed by atoms with van der Waals surface area (Å²) in [5.74, 6) is 0.812. The smallest absolute Gasteiger partial charge is 0.407 e. The normalized spacial score (nSPS) is 25.4. The Labute approximate surface area is 356 Å². The fraction of sp³-hybridized carbons (Fsp3) is 0.553. The van der Waals surface area contributed by atoms with Crippen LogP contribution in [0.2, 0.25) is 0 Å². The summed E-state index contributed by atoms with van der Waals surface area (Å²) in [5.41, 5.74) is 5.01. The van der Waals surface area contributed by atoms with Gasteiger partial charge in [-0.3, -0.25) is 14.4 Å². The van der Waals surface area contributed by atoms with Crippen molar-refractivity contribution < 1.29 is 33.8 Å². The molecule has 0 spiro atoms. The van der Waals surface area contributed by atoms with Crippen LogP contribution in [-0.4, -0.2) is 119 Å². The Morgan fingerprint density at radius 2 is 1.75 bits per heavy atom. The zero-order valence-electron chi connectivity index (χ0n) is 37.0. The standard InChI is InChI=1S/C47H66N6O7/c1-28-38-23-34(47(38,3)4)24-39(28)50-45(56)42-41(29(2)59-46(57)48-5)40(27-54)60-53(42)25-31-17-14-18-37(43(31)58-10)32-20-33(22-36(21-32)52(8)9)44(55)49-35(26-51(6)7)19-30-15-12-11-13-16-30/h11-18,20-22,28-29,34-35,38-42,54H,19,23-27H2,1-10H3,(H,48,57)(H,49,55)(H,50,56)/t28-,29-,34?,35-,38-,39-,40-,41-,42-/m0/s1. The van der Waals surface area contributed by atoms with Crippen LogP contribution in [-0.2, 0) is 27.3 Å². The number of carbonyl (C=O) groups is 3. The molecule has 7 rings (SSSR count). The summed E-state index contributed by atoms with van der Waals surface area (Å²) in [4.78, 5) is 51.6. The van der Waals surface area contributed by atoms with Crippen molar-refractivity contribution in [1.82, 2.24) is 25.9 Å². The first-order chi connectivity index (χ1) is 28.6. The molecule has 13 nitrogen and oxygen atoms in total. The molecule has 3 amide bonds. The molecule has 1 aliphatic heterocycles. The van der Waals surface area contributed by atoms with E-state index in [4.69, 9.17) is 14.3 Å². The van der Waals surface area contributed by atoms with E-state index in [1.54, 1.807) is 19.1 Å². The second-order valence-electron chi connectivity index (χ2n) is 18.1. The van der Waals surface area contributed by atoms with Crippen LogP contribution in [0.5, 0.6) is 5.75 Å². The van der Waals surface area contributed by atoms with Crippen LogP contribution in [0.1, 0.15) is 62.0 Å². The van der Waals surface area contributed by atoms with E-state index in [0.717, 1.165) is 34.4 Å². The van der Waals surface area contributed by atoms with Gasteiger partial charge in [-0.1, -0.05) is 69.3 Å². The predicted octanol–water partition coefficient (Wildman–Crippen LogP) is 5.36. The molecule has 60 heavy (non-hydrogen) atoms. The van der Waals surface area contributed by atoms with E-state index in [1.165, 1.54) is 13.5 Å². The molecule has 4 N–H and O–H groups in total. The highest BCUT2D eigenvalue weighted by atomic mass is 16.7. The lowest BCUT2D eigenvalue weighted by atomic mass is 9.45. The predicted molar refractivity (Wildman–Crippen MR) is 234 cm³/mol. The van der Waals surface area contributed by atoms with Gasteiger partial charge >= 0.3 is 6.09 Å². The summed E-state index contributed by atoms with van der Waals surface area (Å²) in [6.07, 6.45) is 0.542. The summed E-state index contributed by atoms with van der Waals surface area (Å²) >= 11 is 0. The molecule has 4 aliphatic rings. The molecular formula is C47H66N6O7. The lowest BCUT2D eigenvalue weighted by molar-refractivity contribution is -0.183. The molecule has 0 aromatic heterocycles. The lowest BCUT2D eigenvalue weighted by Gasteiger charge is -2.62. The SMILES string of the molecule is CNC(=O)O[C@@H](C)[C@H]1[C@H](CO)ON(Cc2cccc(-c3cc(C(=O)N[C@@H](Cc4ccccc4)CN(C)C)cc(N(C)C)c3)c2OC)[C@@H]1C(=O)N[C@H]1CC2C[C@@H]([C@@H]1C)C2(C)C. The molecule has 3 saturated carbocycles. The number of para-hydroxylation sites is 1. The highest BCUT2D eigenvalue weighted by Gasteiger charge is 2.57. The minimum absolute atomic E-state index is 0.00940. The van der Waals surface area contributed by atoms with Gasteiger partial charge in [0, 0.05) is 62.1 Å². The lowest BCUT2D eigenvalue weighted by Crippen LogP contribution is -2.62. The van der Waals surface area contributed by atoms with Crippen LogP contribution < -0.4 is 25.6 Å². The summed E-state index contributed by atoms with van der Waals surface area (Å²) in [5, 5.41) is 21.4. The topological polar surface area (TPSA) is 145 Å². The monoisotopic (exact) mass is 826 g/mol. The van der Waals surface area contributed by atoms with Crippen LogP contribution in [0.25, 0.3) is 11.1 Å². The Hall–Kier alpha value is -4.69. The van der Waals surface area contributed by atoms with Crippen molar-refractivity contribution in [2.24, 2.45) is 29.1 Å². The van der Waals surface area contributed by atoms with Crippen molar-refractivity contribution in [2.75, 3.05) is 60.4 Å². The van der Waals surface area contributed by atoms with Gasteiger partial charge in [0.05, 0.1) is 26.2 Å². The molecule has 2 bridgehead atoms. The second-order valence-corrected chi connectivity index (χ2v) is 18.1. The highest BCUT2D eigenvalue weighted by Crippen LogP contribution is 2.61. The van der Waals surface area contributed by atoms with Crippen molar-refractivity contribution in [3.8, 4) is 16.9 Å². The molecular weight excluding hydrogens is 761 g/mol. The molecule has 1 saturated heterocycles. The minimum atomic E-state index is -0.896. The number of aliphatic hydroxyl groups excluding tert-OH is 1. The fourth-order valence-corrected chi connectivity index (χ4v) is 10.0. The number of amides is 3. The third-order valence-corrected chi connectivity index (χ3v) is 13.4. The zero-order chi connectivity index (χ0) is 43.5. The largest absolute Gasteiger partial charge is 0.496 e. The fourth-order valence-electron chi connectivity index (χ4n) is 10.0. The quantitative estimate of drug-likeness (QED) is 0.149. The van der Waals surface area contributed by atoms with Gasteiger partial charge < -0.3 is 40.3 Å². The van der Waals surface area contributed by atoms with Crippen molar-refractivity contribution in [2.45, 2.75) is 83.8 Å². The average Bonchev–Trinajstić information content (AvgIpc) is 3.59. The number of rotatable bonds is 16. The molecule has 3 aromatic carbocycles. The molecule has 4 fully saturated rings. The van der Waals surface area contributed by atoms with Gasteiger partial charge in [-0.05, 0) is 92.8 Å². The van der Waals surface area contributed by atoms with Crippen LogP contribution in [0.4, 0.5) is 10.5 Å². The number of hydroxylamine groups is 2. The minimum Gasteiger partial charge on any atom is -0.496 e. The van der Waals surface area contributed by atoms with Gasteiger partial charge in [0.25, 0.3) is 5.91 Å². The number of hydrogen-bond donors (Lipinski definition) is 4. The van der Waals surface area contributed by atoms with Crippen molar-refractivity contribution >= 4 is 23.6 Å². The van der Waals surface area contributed by atoms with E-state index < -0.39 is 30.3 Å². The third-order valence-electron chi connectivity index (χ3n) is 13.4. The molecule has 1 unspecified atom stereocenters. The van der Waals surface area contributed by atoms with Gasteiger partial charge in [-0.15, -0.1) is 0 Å². The number of alkyl carbamates (subject to hydrolysis) is 1. The van der Waals surface area contributed by atoms with E-state index in [1.807, 2.05) is 87.7 Å². The number of methoxy groups -OCH3 is 1. The Morgan fingerprint density at radius 1 is 1.02 bits per heavy atom. The first kappa shape index (κ1) is 44.9. The average molecular weight is 827 g/mol. The second kappa shape index (κ2) is 18.9. The Bertz CT molecular complexity index is 1970. The van der Waals surface area contributed by atoms with Crippen molar-refractivity contribution in [3.63, 3.8) is 0 Å². The van der Waals surface area contributed by atoms with Gasteiger partial charge in [-0.2, -0.15) is 5.06 Å². The van der Waals surface area contributed by atoms with E-state index in [2.05, 4.69) is 53.8 Å². The number of carbonyl (C=O) groups excluding carboxylic acids is 3. The molecule has 3 aliphatic carbocycles. The van der Waals surface area contributed by atoms with E-state index in [0.29, 0.717) is 42.0 Å². The first-order valence-corrected chi connectivity index (χ1v) is 21.3. The number of benzene rings is 3. The van der Waals surface area contributed by atoms with Gasteiger partial charge in [0.1, 0.15) is 24.0 Å². The summed E-state index contributed by atoms with van der Waals surface area (Å²) < 4.78 is 11.8. The zero-order valence-corrected chi connectivity index (χ0v) is 37.0. The van der Waals surface area contributed by atoms with Gasteiger partial charge in [0.2, 0.25) is 5.91 Å². The number of ether oxygens (including phenoxy) is 2. The number of fused-ring (bicyclic) bond motifs is 2. The first-order valence-electron chi connectivity index (χ1n) is 21.3. The third kappa shape index (κ3) is 9.59. The summed E-state index contributed by atoms with van der Waals surface area (Å²) in [6.45, 7) is 9.02. The van der Waals surface area contributed by atoms with Crippen LogP contribution in [0.15, 0.2) is 66.7 Å². The van der Waals surface area contributed by atoms with Crippen LogP contribution in [0.3, 0.4) is 0 Å². The van der Waals surface area contributed by atoms with Crippen molar-refractivity contribution in [3.05, 3.63) is 83.4 Å². The number of nitrogens with one attached hydrogen (secondary N) is 3. The number of aliphatic hydroxyl groups is 1. The molecule has 0 radical (unpaired) electrons. The van der Waals surface area contributed by atoms with E-state index in [-0.39, 0.29) is 42.5 Å². The van der Waals surface area contributed by atoms with Gasteiger partial charge in [0.15, 0.2) is 0 Å². The number of anilines is 1. The maximum atomic E-state index is 14.6. The maximum Gasteiger partial charge on any atom is 0.407 e. The van der Waals surface area contributed by atoms with Gasteiger partial charge in [-0.25, -0.2) is 4.79 Å². The number of nitrogens with zero attached hydrogens (tertiary/aromatic N) is 3. The van der Waals surface area contributed by atoms with E-state index in [9.17, 15) is 19.5 Å². The number of likely N-dealkylation sites (N-methyl/N-ethyl adjacent to an activating group) is 1. The van der Waals surface area contributed by atoms with Crippen molar-refractivity contribution in [1.29, 1.82) is 0 Å². The van der Waals surface area contributed by atoms with Crippen LogP contribution >= 0.6 is 0 Å². The molecule has 13 heteroatoms.